The summed E-state index contributed by atoms with van der Waals surface area (Å²) in [6, 6.07) is 0.381. The van der Waals surface area contributed by atoms with Crippen LogP contribution in [0.15, 0.2) is 10.7 Å². The van der Waals surface area contributed by atoms with Crippen molar-refractivity contribution in [2.45, 2.75) is 6.04 Å². The molecule has 0 amide bonds. The van der Waals surface area contributed by atoms with E-state index in [2.05, 4.69) is 42.6 Å². The van der Waals surface area contributed by atoms with E-state index in [0.717, 1.165) is 39.3 Å². The van der Waals surface area contributed by atoms with Crippen molar-refractivity contribution in [3.63, 3.8) is 0 Å². The van der Waals surface area contributed by atoms with Crippen LogP contribution in [-0.2, 0) is 0 Å². The van der Waals surface area contributed by atoms with Crippen molar-refractivity contribution >= 4 is 5.95 Å². The zero-order valence-corrected chi connectivity index (χ0v) is 11.9. The maximum Gasteiger partial charge on any atom is 0.281 e. The molecule has 2 aromatic rings. The van der Waals surface area contributed by atoms with Crippen LogP contribution in [-0.4, -0.2) is 76.4 Å². The summed E-state index contributed by atoms with van der Waals surface area (Å²) < 4.78 is 7.18. The number of hydrogen-bond acceptors (Lipinski definition) is 8. The average Bonchev–Trinajstić information content (AvgIpc) is 3.06. The summed E-state index contributed by atoms with van der Waals surface area (Å²) in [6.45, 7) is 5.70. The molecule has 0 bridgehead atoms. The van der Waals surface area contributed by atoms with Crippen LogP contribution in [0.5, 0.6) is 0 Å². The Bertz CT molecular complexity index is 610. The minimum Gasteiger partial charge on any atom is -0.336 e. The molecule has 1 N–H and O–H groups in total. The van der Waals surface area contributed by atoms with E-state index in [1.165, 1.54) is 0 Å². The number of likely N-dealkylation sites (N-methyl/N-ethyl adjacent to an activating group) is 1. The van der Waals surface area contributed by atoms with E-state index < -0.39 is 0 Å². The molecule has 112 valence electrons. The Labute approximate surface area is 121 Å². The van der Waals surface area contributed by atoms with E-state index >= 15 is 0 Å². The first-order chi connectivity index (χ1) is 10.3. The molecule has 9 nitrogen and oxygen atoms in total. The third-order valence-electron chi connectivity index (χ3n) is 4.06. The van der Waals surface area contributed by atoms with Crippen molar-refractivity contribution in [2.24, 2.45) is 0 Å². The number of piperazine rings is 1. The minimum atomic E-state index is 0.381. The maximum absolute atomic E-state index is 5.33. The van der Waals surface area contributed by atoms with Crippen molar-refractivity contribution in [1.82, 2.24) is 35.4 Å². The zero-order valence-electron chi connectivity index (χ0n) is 11.9. The van der Waals surface area contributed by atoms with Crippen LogP contribution >= 0.6 is 0 Å². The van der Waals surface area contributed by atoms with E-state index in [0.29, 0.717) is 23.6 Å². The largest absolute Gasteiger partial charge is 0.336 e. The predicted octanol–water partition coefficient (Wildman–Crippen LogP) is -0.776. The van der Waals surface area contributed by atoms with Crippen molar-refractivity contribution < 1.29 is 4.52 Å². The van der Waals surface area contributed by atoms with Crippen LogP contribution in [0, 0.1) is 0 Å². The Morgan fingerprint density at radius 1 is 1.24 bits per heavy atom. The molecule has 21 heavy (non-hydrogen) atoms. The van der Waals surface area contributed by atoms with Crippen LogP contribution in [0.25, 0.3) is 11.6 Å². The van der Waals surface area contributed by atoms with Gasteiger partial charge >= 0.3 is 0 Å². The van der Waals surface area contributed by atoms with Gasteiger partial charge in [0.2, 0.25) is 0 Å². The summed E-state index contributed by atoms with van der Waals surface area (Å²) >= 11 is 0. The highest BCUT2D eigenvalue weighted by molar-refractivity contribution is 5.47. The Morgan fingerprint density at radius 3 is 2.76 bits per heavy atom. The van der Waals surface area contributed by atoms with Gasteiger partial charge in [-0.15, -0.1) is 5.10 Å². The second-order valence-electron chi connectivity index (χ2n) is 5.59. The number of rotatable bonds is 3. The molecule has 4 heterocycles. The van der Waals surface area contributed by atoms with Gasteiger partial charge in [0.15, 0.2) is 5.69 Å². The maximum atomic E-state index is 5.33. The molecule has 2 fully saturated rings. The summed E-state index contributed by atoms with van der Waals surface area (Å²) in [5.74, 6) is 1.07. The van der Waals surface area contributed by atoms with E-state index in [4.69, 9.17) is 4.52 Å². The smallest absolute Gasteiger partial charge is 0.281 e. The monoisotopic (exact) mass is 290 g/mol. The molecule has 4 rings (SSSR count). The van der Waals surface area contributed by atoms with Crippen molar-refractivity contribution in [1.29, 1.82) is 0 Å². The second-order valence-corrected chi connectivity index (χ2v) is 5.59. The normalized spacial score (nSPS) is 20.7. The lowest BCUT2D eigenvalue weighted by Gasteiger charge is -2.31. The van der Waals surface area contributed by atoms with Gasteiger partial charge < -0.3 is 19.6 Å². The van der Waals surface area contributed by atoms with E-state index in [1.807, 2.05) is 10.9 Å². The fourth-order valence-electron chi connectivity index (χ4n) is 2.47. The first-order valence-electron chi connectivity index (χ1n) is 7.20. The molecular formula is C12H18N8O. The number of hydrogen-bond donors (Lipinski definition) is 1. The number of nitrogens with zero attached hydrogens (tertiary/aromatic N) is 7. The van der Waals surface area contributed by atoms with Gasteiger partial charge in [-0.3, -0.25) is 0 Å². The van der Waals surface area contributed by atoms with E-state index in [1.54, 1.807) is 0 Å². The topological polar surface area (TPSA) is 88.1 Å². The summed E-state index contributed by atoms with van der Waals surface area (Å²) in [7, 11) is 2.12. The van der Waals surface area contributed by atoms with Crippen LogP contribution < -0.4 is 10.2 Å². The first kappa shape index (κ1) is 12.7. The SMILES string of the molecule is CN1CCN(c2noc(-c3cn(C4CNC4)nn3)n2)CC1. The molecule has 0 unspecified atom stereocenters. The first-order valence-corrected chi connectivity index (χ1v) is 7.20. The lowest BCUT2D eigenvalue weighted by atomic mass is 10.2. The Hall–Kier alpha value is -2.00. The Balaban J connectivity index is 1.49. The van der Waals surface area contributed by atoms with Crippen LogP contribution in [0.2, 0.25) is 0 Å². The minimum absolute atomic E-state index is 0.381. The van der Waals surface area contributed by atoms with Crippen LogP contribution in [0.4, 0.5) is 5.95 Å². The van der Waals surface area contributed by atoms with Gasteiger partial charge in [0.1, 0.15) is 0 Å². The van der Waals surface area contributed by atoms with E-state index in [-0.39, 0.29) is 0 Å². The fraction of sp³-hybridized carbons (Fsp3) is 0.667. The molecule has 2 aliphatic rings. The lowest BCUT2D eigenvalue weighted by Crippen LogP contribution is -2.44. The highest BCUT2D eigenvalue weighted by Crippen LogP contribution is 2.20. The molecule has 0 aliphatic carbocycles. The third-order valence-corrected chi connectivity index (χ3v) is 4.06. The number of aromatic nitrogens is 5. The Kier molecular flexibility index (Phi) is 3.08. The quantitative estimate of drug-likeness (QED) is 0.788. The summed E-state index contributed by atoms with van der Waals surface area (Å²) in [4.78, 5) is 8.86. The molecule has 0 radical (unpaired) electrons. The lowest BCUT2D eigenvalue weighted by molar-refractivity contribution is 0.309. The molecule has 2 aromatic heterocycles. The van der Waals surface area contributed by atoms with Crippen molar-refractivity contribution in [3.05, 3.63) is 6.20 Å². The van der Waals surface area contributed by atoms with Crippen molar-refractivity contribution in [3.8, 4) is 11.6 Å². The molecule has 0 atom stereocenters. The van der Waals surface area contributed by atoms with Gasteiger partial charge in [-0.2, -0.15) is 4.98 Å². The van der Waals surface area contributed by atoms with Crippen molar-refractivity contribution in [2.75, 3.05) is 51.2 Å². The van der Waals surface area contributed by atoms with Gasteiger partial charge in [-0.1, -0.05) is 5.21 Å². The fourth-order valence-corrected chi connectivity index (χ4v) is 2.47. The molecule has 9 heteroatoms. The highest BCUT2D eigenvalue weighted by Gasteiger charge is 2.23. The third kappa shape index (κ3) is 2.38. The molecule has 0 saturated carbocycles. The number of nitrogens with one attached hydrogen (secondary N) is 1. The van der Waals surface area contributed by atoms with E-state index in [9.17, 15) is 0 Å². The molecule has 2 saturated heterocycles. The Morgan fingerprint density at radius 2 is 2.05 bits per heavy atom. The van der Waals surface area contributed by atoms with Gasteiger partial charge in [0.05, 0.1) is 12.2 Å². The summed E-state index contributed by atoms with van der Waals surface area (Å²) in [6.07, 6.45) is 1.87. The van der Waals surface area contributed by atoms with Gasteiger partial charge in [-0.05, 0) is 12.2 Å². The van der Waals surface area contributed by atoms with Gasteiger partial charge in [-0.25, -0.2) is 4.68 Å². The standard InChI is InChI=1S/C12H18N8O/c1-18-2-4-19(5-3-18)12-14-11(21-16-12)10-8-20(17-15-10)9-6-13-7-9/h8-9,13H,2-7H2,1H3. The van der Waals surface area contributed by atoms with Gasteiger partial charge in [0, 0.05) is 39.3 Å². The molecule has 0 spiro atoms. The molecular weight excluding hydrogens is 272 g/mol. The summed E-state index contributed by atoms with van der Waals surface area (Å²) in [5, 5.41) is 15.5. The summed E-state index contributed by atoms with van der Waals surface area (Å²) in [5.41, 5.74) is 0.634. The average molecular weight is 290 g/mol. The molecule has 2 aliphatic heterocycles. The molecule has 0 aromatic carbocycles. The predicted molar refractivity (Wildman–Crippen MR) is 74.9 cm³/mol. The second kappa shape index (κ2) is 5.08. The zero-order chi connectivity index (χ0) is 14.2. The highest BCUT2D eigenvalue weighted by atomic mass is 16.5. The van der Waals surface area contributed by atoms with Crippen LogP contribution in [0.3, 0.4) is 0 Å². The van der Waals surface area contributed by atoms with Gasteiger partial charge in [0.25, 0.3) is 11.8 Å². The number of anilines is 1. The van der Waals surface area contributed by atoms with Crippen LogP contribution in [0.1, 0.15) is 6.04 Å².